The molecule has 1 amide bonds. The van der Waals surface area contributed by atoms with E-state index in [0.717, 1.165) is 19.5 Å². The Hall–Kier alpha value is -0.680. The lowest BCUT2D eigenvalue weighted by atomic mass is 9.88. The molecule has 0 N–H and O–H groups in total. The maximum absolute atomic E-state index is 12.7. The van der Waals surface area contributed by atoms with Gasteiger partial charge in [-0.2, -0.15) is 0 Å². The van der Waals surface area contributed by atoms with E-state index in [-0.39, 0.29) is 31.0 Å². The first-order valence-electron chi connectivity index (χ1n) is 9.14. The minimum Gasteiger partial charge on any atom is -0.482 e. The summed E-state index contributed by atoms with van der Waals surface area (Å²) in [6.07, 6.45) is 7.25. The van der Waals surface area contributed by atoms with Crippen LogP contribution in [0.15, 0.2) is 18.2 Å². The lowest BCUT2D eigenvalue weighted by Gasteiger charge is -2.42. The van der Waals surface area contributed by atoms with Crippen LogP contribution < -0.4 is 4.74 Å². The summed E-state index contributed by atoms with van der Waals surface area (Å²) in [6.45, 7) is 2.31. The fraction of sp³-hybridized carbons (Fsp3) is 0.632. The quantitative estimate of drug-likeness (QED) is 0.693. The van der Waals surface area contributed by atoms with E-state index < -0.39 is 0 Å². The highest BCUT2D eigenvalue weighted by atomic mass is 35.5. The molecule has 0 aromatic heterocycles. The van der Waals surface area contributed by atoms with Crippen molar-refractivity contribution in [3.05, 3.63) is 28.2 Å². The van der Waals surface area contributed by atoms with Gasteiger partial charge in [0.15, 0.2) is 6.61 Å². The normalized spacial score (nSPS) is 23.3. The summed E-state index contributed by atoms with van der Waals surface area (Å²) in [6, 6.07) is 5.96. The van der Waals surface area contributed by atoms with Crippen LogP contribution in [0.5, 0.6) is 5.75 Å². The Morgan fingerprint density at radius 3 is 2.62 bits per heavy atom. The summed E-state index contributed by atoms with van der Waals surface area (Å²) in [5.74, 6) is 0.447. The van der Waals surface area contributed by atoms with Crippen LogP contribution in [0.1, 0.15) is 38.5 Å². The van der Waals surface area contributed by atoms with E-state index in [4.69, 9.17) is 27.9 Å². The molecule has 1 saturated heterocycles. The highest BCUT2D eigenvalue weighted by Gasteiger charge is 2.35. The fourth-order valence-electron chi connectivity index (χ4n) is 4.06. The van der Waals surface area contributed by atoms with Crippen molar-refractivity contribution in [2.24, 2.45) is 0 Å². The van der Waals surface area contributed by atoms with Crippen LogP contribution >= 0.6 is 35.6 Å². The number of ether oxygens (including phenoxy) is 1. The van der Waals surface area contributed by atoms with Gasteiger partial charge in [-0.05, 0) is 50.9 Å². The first kappa shape index (κ1) is 21.6. The molecule has 2 unspecified atom stereocenters. The number of rotatable bonds is 5. The van der Waals surface area contributed by atoms with Crippen molar-refractivity contribution in [2.45, 2.75) is 50.6 Å². The number of hydrogen-bond donors (Lipinski definition) is 0. The van der Waals surface area contributed by atoms with Crippen LogP contribution in [0.4, 0.5) is 0 Å². The van der Waals surface area contributed by atoms with Crippen LogP contribution in [-0.2, 0) is 4.79 Å². The topological polar surface area (TPSA) is 32.8 Å². The zero-order chi connectivity index (χ0) is 17.8. The molecule has 26 heavy (non-hydrogen) atoms. The number of likely N-dealkylation sites (tertiary alicyclic amines) is 1. The Kier molecular flexibility index (Phi) is 8.34. The Morgan fingerprint density at radius 2 is 1.88 bits per heavy atom. The number of hydrogen-bond acceptors (Lipinski definition) is 3. The van der Waals surface area contributed by atoms with Gasteiger partial charge < -0.3 is 9.64 Å². The van der Waals surface area contributed by atoms with E-state index in [9.17, 15) is 4.79 Å². The molecule has 1 aliphatic carbocycles. The van der Waals surface area contributed by atoms with E-state index in [1.165, 1.54) is 32.1 Å². The van der Waals surface area contributed by atoms with Gasteiger partial charge in [0.2, 0.25) is 0 Å². The van der Waals surface area contributed by atoms with E-state index >= 15 is 0 Å². The number of halogens is 3. The third-order valence-electron chi connectivity index (χ3n) is 5.46. The molecule has 1 aromatic rings. The number of benzene rings is 1. The molecule has 1 aliphatic heterocycles. The van der Waals surface area contributed by atoms with E-state index in [0.29, 0.717) is 21.8 Å². The maximum atomic E-state index is 12.7. The van der Waals surface area contributed by atoms with Crippen molar-refractivity contribution in [2.75, 3.05) is 26.7 Å². The average molecular weight is 422 g/mol. The fourth-order valence-corrected chi connectivity index (χ4v) is 4.41. The van der Waals surface area contributed by atoms with Crippen molar-refractivity contribution in [3.8, 4) is 5.75 Å². The number of carbonyl (C=O) groups is 1. The molecule has 2 fully saturated rings. The SMILES string of the molecule is CN(C(=O)COc1cccc(Cl)c1Cl)C1CCCCC1N1CCCC1.Cl. The third-order valence-corrected chi connectivity index (χ3v) is 6.26. The molecule has 1 heterocycles. The van der Waals surface area contributed by atoms with Crippen molar-refractivity contribution in [1.29, 1.82) is 0 Å². The lowest BCUT2D eigenvalue weighted by Crippen LogP contribution is -2.53. The molecule has 0 bridgehead atoms. The molecular formula is C19H27Cl3N2O2. The molecule has 7 heteroatoms. The smallest absolute Gasteiger partial charge is 0.260 e. The van der Waals surface area contributed by atoms with Gasteiger partial charge in [-0.1, -0.05) is 42.1 Å². The average Bonchev–Trinajstić information content (AvgIpc) is 3.16. The second-order valence-corrected chi connectivity index (χ2v) is 7.79. The number of amides is 1. The summed E-state index contributed by atoms with van der Waals surface area (Å²) in [4.78, 5) is 17.1. The lowest BCUT2D eigenvalue weighted by molar-refractivity contribution is -0.136. The van der Waals surface area contributed by atoms with Gasteiger partial charge in [0.1, 0.15) is 10.8 Å². The van der Waals surface area contributed by atoms with E-state index in [2.05, 4.69) is 4.90 Å². The van der Waals surface area contributed by atoms with Gasteiger partial charge >= 0.3 is 0 Å². The predicted molar refractivity (Wildman–Crippen MR) is 109 cm³/mol. The predicted octanol–water partition coefficient (Wildman–Crippen LogP) is 4.66. The van der Waals surface area contributed by atoms with Gasteiger partial charge in [0, 0.05) is 19.1 Å². The Bertz CT molecular complexity index is 608. The highest BCUT2D eigenvalue weighted by molar-refractivity contribution is 6.42. The van der Waals surface area contributed by atoms with Gasteiger partial charge in [0.05, 0.1) is 5.02 Å². The second kappa shape index (κ2) is 10.0. The second-order valence-electron chi connectivity index (χ2n) is 7.01. The Balaban J connectivity index is 0.00000243. The molecule has 0 radical (unpaired) electrons. The molecule has 4 nitrogen and oxygen atoms in total. The largest absolute Gasteiger partial charge is 0.482 e. The number of likely N-dealkylation sites (N-methyl/N-ethyl adjacent to an activating group) is 1. The van der Waals surface area contributed by atoms with Gasteiger partial charge in [-0.15, -0.1) is 12.4 Å². The van der Waals surface area contributed by atoms with E-state index in [1.54, 1.807) is 18.2 Å². The van der Waals surface area contributed by atoms with Crippen molar-refractivity contribution >= 4 is 41.5 Å². The molecule has 2 aliphatic rings. The van der Waals surface area contributed by atoms with Gasteiger partial charge in [-0.3, -0.25) is 9.69 Å². The minimum atomic E-state index is -0.0141. The van der Waals surface area contributed by atoms with Crippen molar-refractivity contribution < 1.29 is 9.53 Å². The monoisotopic (exact) mass is 420 g/mol. The molecule has 146 valence electrons. The standard InChI is InChI=1S/C19H26Cl2N2O2.ClH/c1-22(15-8-2-3-9-16(15)23-11-4-5-12-23)18(24)13-25-17-10-6-7-14(20)19(17)21;/h6-7,10,15-16H,2-5,8-9,11-13H2,1H3;1H. The van der Waals surface area contributed by atoms with Crippen molar-refractivity contribution in [3.63, 3.8) is 0 Å². The maximum Gasteiger partial charge on any atom is 0.260 e. The highest BCUT2D eigenvalue weighted by Crippen LogP contribution is 2.32. The Labute approximate surface area is 172 Å². The number of carbonyl (C=O) groups excluding carboxylic acids is 1. The third kappa shape index (κ3) is 4.98. The van der Waals surface area contributed by atoms with Crippen LogP contribution in [0.2, 0.25) is 10.0 Å². The Morgan fingerprint density at radius 1 is 1.19 bits per heavy atom. The zero-order valence-corrected chi connectivity index (χ0v) is 17.5. The molecule has 3 rings (SSSR count). The summed E-state index contributed by atoms with van der Waals surface area (Å²) < 4.78 is 5.63. The first-order valence-corrected chi connectivity index (χ1v) is 9.90. The van der Waals surface area contributed by atoms with Crippen LogP contribution in [0.25, 0.3) is 0 Å². The summed E-state index contributed by atoms with van der Waals surface area (Å²) in [5, 5.41) is 0.786. The van der Waals surface area contributed by atoms with Gasteiger partial charge in [-0.25, -0.2) is 0 Å². The number of nitrogens with zero attached hydrogens (tertiary/aromatic N) is 2. The molecule has 1 saturated carbocycles. The zero-order valence-electron chi connectivity index (χ0n) is 15.1. The first-order chi connectivity index (χ1) is 12.1. The molecule has 2 atom stereocenters. The minimum absolute atomic E-state index is 0. The molecule has 0 spiro atoms. The summed E-state index contributed by atoms with van der Waals surface area (Å²) in [7, 11) is 1.91. The summed E-state index contributed by atoms with van der Waals surface area (Å²) in [5.41, 5.74) is 0. The molecular weight excluding hydrogens is 395 g/mol. The van der Waals surface area contributed by atoms with Crippen molar-refractivity contribution in [1.82, 2.24) is 9.80 Å². The van der Waals surface area contributed by atoms with Gasteiger partial charge in [0.25, 0.3) is 5.91 Å². The van der Waals surface area contributed by atoms with Crippen LogP contribution in [-0.4, -0.2) is 54.5 Å². The van der Waals surface area contributed by atoms with Crippen LogP contribution in [0.3, 0.4) is 0 Å². The summed E-state index contributed by atoms with van der Waals surface area (Å²) >= 11 is 12.1. The van der Waals surface area contributed by atoms with E-state index in [1.807, 2.05) is 11.9 Å². The molecule has 1 aromatic carbocycles. The van der Waals surface area contributed by atoms with Crippen LogP contribution in [0, 0.1) is 0 Å².